The van der Waals surface area contributed by atoms with E-state index in [4.69, 9.17) is 9.47 Å². The average Bonchev–Trinajstić information content (AvgIpc) is 3.70. The smallest absolute Gasteiger partial charge is 0.407 e. The molecule has 4 bridgehead atoms. The number of nitrogens with one attached hydrogen (secondary N) is 3. The van der Waals surface area contributed by atoms with Gasteiger partial charge in [0.1, 0.15) is 23.7 Å². The number of benzene rings is 2. The third kappa shape index (κ3) is 8.83. The van der Waals surface area contributed by atoms with Crippen molar-refractivity contribution in [1.29, 1.82) is 0 Å². The van der Waals surface area contributed by atoms with E-state index in [1.165, 1.54) is 18.0 Å². The Labute approximate surface area is 321 Å². The third-order valence-corrected chi connectivity index (χ3v) is 11.6. The van der Waals surface area contributed by atoms with Gasteiger partial charge in [0.25, 0.3) is 5.91 Å². The van der Waals surface area contributed by atoms with Gasteiger partial charge in [-0.05, 0) is 53.3 Å². The highest BCUT2D eigenvalue weighted by Gasteiger charge is 2.61. The lowest BCUT2D eigenvalue weighted by Crippen LogP contribution is -2.60. The quantitative estimate of drug-likeness (QED) is 0.285. The van der Waals surface area contributed by atoms with Crippen molar-refractivity contribution in [3.05, 3.63) is 90.7 Å². The number of cyclic esters (lactones) is 1. The third-order valence-electron chi connectivity index (χ3n) is 10.2. The fourth-order valence-electron chi connectivity index (χ4n) is 7.00. The standard InChI is InChI=1S/C40H48N6O8S/c1-6-29-23-40(29,37(49)44-55(51,52)45(5)24-27-14-9-7-10-15-27)43-34(47)32-22-30-25-46(32)36(48)33(39(2,3)4)42-38(50)53-20-12-8-11-13-26-16-17-28-18-19-41-35(54-30)31(28)21-26/h6-7,9-11,13-19,21,29-30,32-33H,1,8,12,20,22-25H2,2-5H3,(H,42,50)(H,43,47)(H,44,49)/t29-,30+,32+,33-,40-/m1/s1. The van der Waals surface area contributed by atoms with Crippen molar-refractivity contribution in [3.8, 4) is 5.88 Å². The van der Waals surface area contributed by atoms with Crippen LogP contribution in [0.2, 0.25) is 0 Å². The molecule has 14 nitrogen and oxygen atoms in total. The lowest BCUT2D eigenvalue weighted by molar-refractivity contribution is -0.142. The van der Waals surface area contributed by atoms with Gasteiger partial charge in [0.2, 0.25) is 17.7 Å². The number of amides is 4. The van der Waals surface area contributed by atoms with E-state index in [0.29, 0.717) is 18.7 Å². The highest BCUT2D eigenvalue weighted by Crippen LogP contribution is 2.45. The van der Waals surface area contributed by atoms with Crippen molar-refractivity contribution >= 4 is 50.9 Å². The molecule has 3 heterocycles. The first-order chi connectivity index (χ1) is 26.1. The molecule has 1 aromatic heterocycles. The Balaban J connectivity index is 1.29. The van der Waals surface area contributed by atoms with Gasteiger partial charge < -0.3 is 25.0 Å². The molecule has 1 aliphatic carbocycles. The number of allylic oxidation sites excluding steroid dienone is 1. The van der Waals surface area contributed by atoms with Crippen LogP contribution in [-0.2, 0) is 35.9 Å². The summed E-state index contributed by atoms with van der Waals surface area (Å²) in [7, 11) is -2.97. The van der Waals surface area contributed by atoms with Crippen molar-refractivity contribution in [2.45, 2.75) is 76.7 Å². The molecule has 1 saturated carbocycles. The molecule has 4 amide bonds. The molecule has 5 atom stereocenters. The first-order valence-electron chi connectivity index (χ1n) is 18.3. The molecule has 0 unspecified atom stereocenters. The summed E-state index contributed by atoms with van der Waals surface area (Å²) in [4.78, 5) is 61.5. The number of alkyl carbamates (subject to hydrolysis) is 1. The number of carbonyl (C=O) groups excluding carboxylic acids is 4. The van der Waals surface area contributed by atoms with Gasteiger partial charge in [0.15, 0.2) is 0 Å². The van der Waals surface area contributed by atoms with Gasteiger partial charge in [-0.2, -0.15) is 12.7 Å². The maximum Gasteiger partial charge on any atom is 0.407 e. The van der Waals surface area contributed by atoms with Crippen LogP contribution < -0.4 is 20.1 Å². The Morgan fingerprint density at radius 3 is 2.62 bits per heavy atom. The second-order valence-electron chi connectivity index (χ2n) is 15.4. The lowest BCUT2D eigenvalue weighted by atomic mass is 9.85. The maximum atomic E-state index is 14.5. The molecule has 3 N–H and O–H groups in total. The van der Waals surface area contributed by atoms with Gasteiger partial charge in [0, 0.05) is 37.5 Å². The lowest BCUT2D eigenvalue weighted by Gasteiger charge is -2.35. The highest BCUT2D eigenvalue weighted by atomic mass is 32.2. The number of nitrogens with zero attached hydrogens (tertiary/aromatic N) is 3. The minimum atomic E-state index is -4.32. The molecule has 0 spiro atoms. The van der Waals surface area contributed by atoms with Crippen LogP contribution in [0.4, 0.5) is 4.79 Å². The minimum Gasteiger partial charge on any atom is -0.472 e. The number of aromatic nitrogens is 1. The Kier molecular flexibility index (Phi) is 11.3. The van der Waals surface area contributed by atoms with Gasteiger partial charge in [-0.3, -0.25) is 14.4 Å². The molecule has 15 heteroatoms. The molecule has 55 heavy (non-hydrogen) atoms. The van der Waals surface area contributed by atoms with Crippen LogP contribution in [0.15, 0.2) is 79.5 Å². The number of hydrogen-bond acceptors (Lipinski definition) is 9. The van der Waals surface area contributed by atoms with Crippen LogP contribution in [0.1, 0.15) is 57.6 Å². The topological polar surface area (TPSA) is 176 Å². The van der Waals surface area contributed by atoms with Crippen LogP contribution in [0.3, 0.4) is 0 Å². The molecule has 6 rings (SSSR count). The van der Waals surface area contributed by atoms with Gasteiger partial charge in [-0.15, -0.1) is 6.58 Å². The number of ether oxygens (including phenoxy) is 2. The molecule has 3 aromatic rings. The van der Waals surface area contributed by atoms with Gasteiger partial charge in [0.05, 0.1) is 13.2 Å². The fourth-order valence-corrected chi connectivity index (χ4v) is 7.89. The first-order valence-corrected chi connectivity index (χ1v) is 19.8. The molecule has 2 fully saturated rings. The van der Waals surface area contributed by atoms with Gasteiger partial charge in [-0.25, -0.2) is 14.5 Å². The van der Waals surface area contributed by atoms with Crippen LogP contribution in [0.5, 0.6) is 5.88 Å². The summed E-state index contributed by atoms with van der Waals surface area (Å²) in [5.74, 6) is -2.40. The Hall–Kier alpha value is -5.28. The second-order valence-corrected chi connectivity index (χ2v) is 17.2. The van der Waals surface area contributed by atoms with Crippen LogP contribution in [-0.4, -0.2) is 90.3 Å². The van der Waals surface area contributed by atoms with E-state index >= 15 is 0 Å². The summed E-state index contributed by atoms with van der Waals surface area (Å²) in [5, 5.41) is 7.16. The number of fused-ring (bicyclic) bond motifs is 3. The Morgan fingerprint density at radius 2 is 1.91 bits per heavy atom. The van der Waals surface area contributed by atoms with E-state index in [0.717, 1.165) is 26.2 Å². The number of rotatable bonds is 8. The second kappa shape index (κ2) is 15.8. The van der Waals surface area contributed by atoms with Crippen molar-refractivity contribution in [1.82, 2.24) is 29.5 Å². The van der Waals surface area contributed by atoms with E-state index in [9.17, 15) is 27.6 Å². The molecule has 2 aromatic carbocycles. The molecular weight excluding hydrogens is 725 g/mol. The fraction of sp³-hybridized carbons (Fsp3) is 0.425. The largest absolute Gasteiger partial charge is 0.472 e. The molecule has 0 radical (unpaired) electrons. The highest BCUT2D eigenvalue weighted by molar-refractivity contribution is 7.87. The summed E-state index contributed by atoms with van der Waals surface area (Å²) >= 11 is 0. The van der Waals surface area contributed by atoms with Crippen molar-refractivity contribution in [3.63, 3.8) is 0 Å². The summed E-state index contributed by atoms with van der Waals surface area (Å²) in [6.07, 6.45) is 6.92. The Bertz CT molecular complexity index is 2100. The number of carbonyl (C=O) groups is 4. The minimum absolute atomic E-state index is 0.00826. The van der Waals surface area contributed by atoms with Crippen LogP contribution in [0.25, 0.3) is 16.8 Å². The van der Waals surface area contributed by atoms with Gasteiger partial charge >= 0.3 is 16.3 Å². The normalized spacial score (nSPS) is 24.6. The Morgan fingerprint density at radius 1 is 1.15 bits per heavy atom. The van der Waals surface area contributed by atoms with E-state index < -0.39 is 69.1 Å². The first kappa shape index (κ1) is 39.4. The summed E-state index contributed by atoms with van der Waals surface area (Å²) < 4.78 is 41.7. The van der Waals surface area contributed by atoms with Crippen LogP contribution >= 0.6 is 0 Å². The predicted octanol–water partition coefficient (Wildman–Crippen LogP) is 4.08. The molecule has 292 valence electrons. The zero-order valence-corrected chi connectivity index (χ0v) is 32.3. The maximum absolute atomic E-state index is 14.5. The summed E-state index contributed by atoms with van der Waals surface area (Å²) in [6, 6.07) is 14.4. The van der Waals surface area contributed by atoms with E-state index in [2.05, 4.69) is 26.9 Å². The molecule has 3 aliphatic rings. The summed E-state index contributed by atoms with van der Waals surface area (Å²) in [5.41, 5.74) is -0.808. The monoisotopic (exact) mass is 772 g/mol. The van der Waals surface area contributed by atoms with Gasteiger partial charge in [-0.1, -0.05) is 81.5 Å². The van der Waals surface area contributed by atoms with E-state index in [1.54, 1.807) is 51.2 Å². The average molecular weight is 773 g/mol. The summed E-state index contributed by atoms with van der Waals surface area (Å²) in [6.45, 7) is 9.26. The number of pyridine rings is 1. The number of hydrogen-bond donors (Lipinski definition) is 3. The zero-order chi connectivity index (χ0) is 39.5. The van der Waals surface area contributed by atoms with E-state index in [-0.39, 0.29) is 32.5 Å². The van der Waals surface area contributed by atoms with Crippen molar-refractivity contribution in [2.75, 3.05) is 20.2 Å². The molecule has 2 aliphatic heterocycles. The predicted molar refractivity (Wildman–Crippen MR) is 206 cm³/mol. The van der Waals surface area contributed by atoms with Crippen LogP contribution in [0, 0.1) is 11.3 Å². The zero-order valence-electron chi connectivity index (χ0n) is 31.5. The van der Waals surface area contributed by atoms with E-state index in [1.807, 2.05) is 42.5 Å². The van der Waals surface area contributed by atoms with Crippen molar-refractivity contribution < 1.29 is 37.1 Å². The molecular formula is C40H48N6O8S. The van der Waals surface area contributed by atoms with Crippen molar-refractivity contribution in [2.24, 2.45) is 11.3 Å². The molecule has 1 saturated heterocycles. The SMILES string of the molecule is C=C[C@@H]1C[C@]1(NC(=O)[C@@H]1C[C@H]2CN1C(=O)[C@H](C(C)(C)C)NC(=O)OCCCC=Cc1ccc3ccnc(c3c1)O2)C(=O)NS(=O)(=O)N(C)Cc1ccccc1.